The van der Waals surface area contributed by atoms with Crippen molar-refractivity contribution < 1.29 is 19.4 Å². The van der Waals surface area contributed by atoms with Crippen molar-refractivity contribution in [3.8, 4) is 5.75 Å². The molecule has 0 aromatic carbocycles. The van der Waals surface area contributed by atoms with Crippen molar-refractivity contribution in [2.24, 2.45) is 0 Å². The highest BCUT2D eigenvalue weighted by atomic mass is 32.1. The van der Waals surface area contributed by atoms with Gasteiger partial charge in [-0.2, -0.15) is 0 Å². The van der Waals surface area contributed by atoms with Crippen LogP contribution in [0.5, 0.6) is 5.75 Å². The number of ether oxygens (including phenoxy) is 2. The topological polar surface area (TPSA) is 59.0 Å². The average Bonchev–Trinajstić information content (AvgIpc) is 2.62. The van der Waals surface area contributed by atoms with E-state index in [1.54, 1.807) is 23.3 Å². The smallest absolute Gasteiger partial charge is 0.409 e. The summed E-state index contributed by atoms with van der Waals surface area (Å²) < 4.78 is 10.4. The van der Waals surface area contributed by atoms with Gasteiger partial charge in [-0.15, -0.1) is 11.3 Å². The first-order valence-electron chi connectivity index (χ1n) is 6.41. The van der Waals surface area contributed by atoms with Gasteiger partial charge in [0, 0.05) is 23.5 Å². The predicted molar refractivity (Wildman–Crippen MR) is 72.8 cm³/mol. The molecule has 0 saturated carbocycles. The minimum atomic E-state index is -0.251. The predicted octanol–water partition coefficient (Wildman–Crippen LogP) is 1.81. The molecule has 19 heavy (non-hydrogen) atoms. The van der Waals surface area contributed by atoms with Gasteiger partial charge >= 0.3 is 6.09 Å². The van der Waals surface area contributed by atoms with Crippen LogP contribution in [0.1, 0.15) is 22.2 Å². The van der Waals surface area contributed by atoms with Gasteiger partial charge < -0.3 is 19.5 Å². The number of aliphatic hydroxyl groups is 1. The fraction of sp³-hybridized carbons (Fsp3) is 0.615. The van der Waals surface area contributed by atoms with Gasteiger partial charge in [0.2, 0.25) is 0 Å². The maximum absolute atomic E-state index is 11.7. The summed E-state index contributed by atoms with van der Waals surface area (Å²) in [4.78, 5) is 15.5. The van der Waals surface area contributed by atoms with Gasteiger partial charge in [-0.1, -0.05) is 0 Å². The minimum absolute atomic E-state index is 0.00241. The lowest BCUT2D eigenvalue weighted by Gasteiger charge is -2.19. The highest BCUT2D eigenvalue weighted by molar-refractivity contribution is 7.12. The monoisotopic (exact) mass is 285 g/mol. The van der Waals surface area contributed by atoms with Crippen LogP contribution >= 0.6 is 11.3 Å². The van der Waals surface area contributed by atoms with E-state index < -0.39 is 0 Å². The van der Waals surface area contributed by atoms with E-state index in [2.05, 4.69) is 0 Å². The lowest BCUT2D eigenvalue weighted by Crippen LogP contribution is -2.33. The van der Waals surface area contributed by atoms with Crippen LogP contribution in [-0.2, 0) is 24.2 Å². The second-order valence-electron chi connectivity index (χ2n) is 4.30. The van der Waals surface area contributed by atoms with Crippen molar-refractivity contribution in [2.75, 3.05) is 26.8 Å². The molecule has 106 valence electrons. The van der Waals surface area contributed by atoms with Crippen LogP contribution in [0.4, 0.5) is 4.79 Å². The van der Waals surface area contributed by atoms with Crippen molar-refractivity contribution in [2.45, 2.75) is 26.4 Å². The Kier molecular flexibility index (Phi) is 4.66. The fourth-order valence-corrected chi connectivity index (χ4v) is 3.51. The summed E-state index contributed by atoms with van der Waals surface area (Å²) in [5, 5.41) is 9.33. The van der Waals surface area contributed by atoms with Crippen molar-refractivity contribution in [3.05, 3.63) is 15.3 Å². The Morgan fingerprint density at radius 1 is 1.42 bits per heavy atom. The van der Waals surface area contributed by atoms with Crippen molar-refractivity contribution in [3.63, 3.8) is 0 Å². The number of aliphatic hydroxyl groups excluding tert-OH is 1. The van der Waals surface area contributed by atoms with Crippen LogP contribution in [0.3, 0.4) is 0 Å². The molecule has 2 heterocycles. The third-order valence-corrected chi connectivity index (χ3v) is 4.48. The maximum Gasteiger partial charge on any atom is 0.409 e. The van der Waals surface area contributed by atoms with E-state index in [1.807, 2.05) is 6.92 Å². The molecule has 1 aliphatic heterocycles. The number of rotatable bonds is 3. The average molecular weight is 285 g/mol. The molecule has 6 heteroatoms. The molecule has 0 spiro atoms. The van der Waals surface area contributed by atoms with Crippen LogP contribution in [0, 0.1) is 0 Å². The van der Waals surface area contributed by atoms with E-state index >= 15 is 0 Å². The van der Waals surface area contributed by atoms with Crippen molar-refractivity contribution >= 4 is 17.4 Å². The van der Waals surface area contributed by atoms with Crippen molar-refractivity contribution in [1.29, 1.82) is 0 Å². The van der Waals surface area contributed by atoms with Gasteiger partial charge in [0.1, 0.15) is 5.75 Å². The number of carbonyl (C=O) groups excluding carboxylic acids is 1. The van der Waals surface area contributed by atoms with Gasteiger partial charge in [-0.3, -0.25) is 0 Å². The second-order valence-corrected chi connectivity index (χ2v) is 5.49. The van der Waals surface area contributed by atoms with Gasteiger partial charge in [-0.05, 0) is 19.8 Å². The molecular weight excluding hydrogens is 266 g/mol. The highest BCUT2D eigenvalue weighted by Crippen LogP contribution is 2.37. The standard InChI is InChI=1S/C13H19NO4S/c1-3-18-13(16)14-6-4-9-10(5-7-14)19-11(8-15)12(9)17-2/h15H,3-8H2,1-2H3. The Balaban J connectivity index is 2.15. The SMILES string of the molecule is CCOC(=O)N1CCc2sc(CO)c(OC)c2CC1. The zero-order chi connectivity index (χ0) is 13.8. The minimum Gasteiger partial charge on any atom is -0.495 e. The summed E-state index contributed by atoms with van der Waals surface area (Å²) >= 11 is 1.57. The molecule has 5 nitrogen and oxygen atoms in total. The molecule has 1 aromatic rings. The van der Waals surface area contributed by atoms with Gasteiger partial charge in [0.25, 0.3) is 0 Å². The third kappa shape index (κ3) is 2.84. The van der Waals surface area contributed by atoms with Crippen LogP contribution in [0.15, 0.2) is 0 Å². The molecule has 0 aliphatic carbocycles. The summed E-state index contributed by atoms with van der Waals surface area (Å²) in [6.45, 7) is 3.49. The molecule has 0 radical (unpaired) electrons. The molecule has 1 N–H and O–H groups in total. The Labute approximate surface area is 116 Å². The van der Waals surface area contributed by atoms with Crippen LogP contribution in [0.2, 0.25) is 0 Å². The third-order valence-electron chi connectivity index (χ3n) is 3.22. The van der Waals surface area contributed by atoms with E-state index in [1.165, 1.54) is 4.88 Å². The molecular formula is C13H19NO4S. The summed E-state index contributed by atoms with van der Waals surface area (Å²) in [6.07, 6.45) is 1.28. The molecule has 2 rings (SSSR count). The quantitative estimate of drug-likeness (QED) is 0.920. The van der Waals surface area contributed by atoms with E-state index in [4.69, 9.17) is 9.47 Å². The molecule has 0 saturated heterocycles. The van der Waals surface area contributed by atoms with E-state index in [0.717, 1.165) is 29.0 Å². The molecule has 1 amide bonds. The van der Waals surface area contributed by atoms with E-state index in [0.29, 0.717) is 19.7 Å². The number of fused-ring (bicyclic) bond motifs is 1. The first-order chi connectivity index (χ1) is 9.21. The zero-order valence-electron chi connectivity index (χ0n) is 11.3. The second kappa shape index (κ2) is 6.25. The number of hydrogen-bond donors (Lipinski definition) is 1. The van der Waals surface area contributed by atoms with Crippen LogP contribution in [-0.4, -0.2) is 42.9 Å². The fourth-order valence-electron chi connectivity index (χ4n) is 2.34. The number of amides is 1. The molecule has 0 atom stereocenters. The first kappa shape index (κ1) is 14.1. The first-order valence-corrected chi connectivity index (χ1v) is 7.22. The van der Waals surface area contributed by atoms with E-state index in [-0.39, 0.29) is 12.7 Å². The number of nitrogens with zero attached hydrogens (tertiary/aromatic N) is 1. The van der Waals surface area contributed by atoms with Crippen molar-refractivity contribution in [1.82, 2.24) is 4.90 Å². The molecule has 1 aromatic heterocycles. The molecule has 1 aliphatic rings. The Morgan fingerprint density at radius 2 is 2.16 bits per heavy atom. The van der Waals surface area contributed by atoms with Gasteiger partial charge in [-0.25, -0.2) is 4.79 Å². The largest absolute Gasteiger partial charge is 0.495 e. The van der Waals surface area contributed by atoms with E-state index in [9.17, 15) is 9.90 Å². The number of thiophene rings is 1. The Bertz CT molecular complexity index is 458. The van der Waals surface area contributed by atoms with Gasteiger partial charge in [0.15, 0.2) is 0 Å². The Hall–Kier alpha value is -1.27. The number of methoxy groups -OCH3 is 1. The summed E-state index contributed by atoms with van der Waals surface area (Å²) in [6, 6.07) is 0. The summed E-state index contributed by atoms with van der Waals surface area (Å²) in [5.74, 6) is 0.785. The maximum atomic E-state index is 11.7. The normalized spacial score (nSPS) is 14.8. The van der Waals surface area contributed by atoms with Crippen LogP contribution < -0.4 is 4.74 Å². The van der Waals surface area contributed by atoms with Crippen LogP contribution in [0.25, 0.3) is 0 Å². The van der Waals surface area contributed by atoms with Gasteiger partial charge in [0.05, 0.1) is 25.2 Å². The molecule has 0 unspecified atom stereocenters. The number of hydrogen-bond acceptors (Lipinski definition) is 5. The summed E-state index contributed by atoms with van der Waals surface area (Å²) in [5.41, 5.74) is 1.13. The lowest BCUT2D eigenvalue weighted by molar-refractivity contribution is 0.109. The lowest BCUT2D eigenvalue weighted by atomic mass is 10.1. The Morgan fingerprint density at radius 3 is 2.79 bits per heavy atom. The number of carbonyl (C=O) groups is 1. The zero-order valence-corrected chi connectivity index (χ0v) is 12.1. The highest BCUT2D eigenvalue weighted by Gasteiger charge is 2.25. The summed E-state index contributed by atoms with van der Waals surface area (Å²) in [7, 11) is 1.62. The molecule has 0 fully saturated rings. The molecule has 0 bridgehead atoms.